The maximum atomic E-state index is 11.4. The van der Waals surface area contributed by atoms with Gasteiger partial charge in [0.05, 0.1) is 6.61 Å². The maximum absolute atomic E-state index is 11.4. The molecule has 0 aliphatic heterocycles. The van der Waals surface area contributed by atoms with Gasteiger partial charge in [-0.2, -0.15) is 0 Å². The van der Waals surface area contributed by atoms with Crippen LogP contribution in [0.3, 0.4) is 0 Å². The van der Waals surface area contributed by atoms with Crippen LogP contribution in [0.2, 0.25) is 0 Å². The predicted molar refractivity (Wildman–Crippen MR) is 67.1 cm³/mol. The van der Waals surface area contributed by atoms with Gasteiger partial charge in [0.25, 0.3) is 0 Å². The minimum absolute atomic E-state index is 0.107. The molecule has 0 radical (unpaired) electrons. The third kappa shape index (κ3) is 2.64. The second-order valence-electron chi connectivity index (χ2n) is 4.08. The molecule has 4 nitrogen and oxygen atoms in total. The molecular weight excluding hydrogens is 232 g/mol. The lowest BCUT2D eigenvalue weighted by Gasteiger charge is -2.34. The molecule has 2 atom stereocenters. The summed E-state index contributed by atoms with van der Waals surface area (Å²) < 4.78 is 16.6. The molecule has 1 aliphatic rings. The van der Waals surface area contributed by atoms with E-state index in [1.807, 2.05) is 38.1 Å². The first-order valence-corrected chi connectivity index (χ1v) is 6.29. The monoisotopic (exact) mass is 250 g/mol. The number of hydrogen-bond acceptors (Lipinski definition) is 4. The summed E-state index contributed by atoms with van der Waals surface area (Å²) in [5, 5.41) is 0. The molecular formula is C14H18O4. The maximum Gasteiger partial charge on any atom is 0.169 e. The molecule has 0 N–H and O–H groups in total. The zero-order valence-corrected chi connectivity index (χ0v) is 10.7. The normalized spacial score (nSPS) is 22.4. The third-order valence-electron chi connectivity index (χ3n) is 2.83. The van der Waals surface area contributed by atoms with Crippen molar-refractivity contribution in [3.8, 4) is 11.5 Å². The van der Waals surface area contributed by atoms with Gasteiger partial charge < -0.3 is 14.2 Å². The Morgan fingerprint density at radius 2 is 1.89 bits per heavy atom. The molecule has 0 amide bonds. The lowest BCUT2D eigenvalue weighted by Crippen LogP contribution is -2.52. The molecule has 0 spiro atoms. The Morgan fingerprint density at radius 3 is 2.50 bits per heavy atom. The molecule has 1 aromatic carbocycles. The fourth-order valence-corrected chi connectivity index (χ4v) is 1.94. The Balaban J connectivity index is 2.03. The van der Waals surface area contributed by atoms with Crippen molar-refractivity contribution >= 4 is 5.78 Å². The fourth-order valence-electron chi connectivity index (χ4n) is 1.94. The van der Waals surface area contributed by atoms with Gasteiger partial charge in [-0.3, -0.25) is 4.79 Å². The van der Waals surface area contributed by atoms with Gasteiger partial charge in [-0.05, 0) is 26.0 Å². The molecule has 4 heteroatoms. The summed E-state index contributed by atoms with van der Waals surface area (Å²) >= 11 is 0. The molecule has 2 unspecified atom stereocenters. The van der Waals surface area contributed by atoms with Crippen molar-refractivity contribution in [1.29, 1.82) is 0 Å². The second kappa shape index (κ2) is 5.87. The number of Topliss-reactive ketones (excluding diaryl/α,β-unsaturated/α-hetero) is 1. The summed E-state index contributed by atoms with van der Waals surface area (Å²) in [6.45, 7) is 4.89. The van der Waals surface area contributed by atoms with Crippen molar-refractivity contribution in [2.45, 2.75) is 32.5 Å². The van der Waals surface area contributed by atoms with Gasteiger partial charge in [0.15, 0.2) is 23.4 Å². The van der Waals surface area contributed by atoms with E-state index < -0.39 is 6.10 Å². The Hall–Kier alpha value is -1.55. The van der Waals surface area contributed by atoms with Crippen molar-refractivity contribution in [1.82, 2.24) is 0 Å². The standard InChI is InChI=1S/C14H18O4/c1-3-16-11-7-5-6-8-12(11)18-13-9-10(15)14(13)17-4-2/h5-8,13-14H,3-4,9H2,1-2H3. The Bertz CT molecular complexity index is 416. The highest BCUT2D eigenvalue weighted by molar-refractivity contribution is 5.90. The molecule has 1 aliphatic carbocycles. The Morgan fingerprint density at radius 1 is 1.17 bits per heavy atom. The fraction of sp³-hybridized carbons (Fsp3) is 0.500. The first-order valence-electron chi connectivity index (χ1n) is 6.29. The molecule has 2 rings (SSSR count). The topological polar surface area (TPSA) is 44.8 Å². The number of benzene rings is 1. The highest BCUT2D eigenvalue weighted by Crippen LogP contribution is 2.32. The number of hydrogen-bond donors (Lipinski definition) is 0. The van der Waals surface area contributed by atoms with E-state index in [-0.39, 0.29) is 11.9 Å². The van der Waals surface area contributed by atoms with E-state index in [0.29, 0.717) is 31.1 Å². The predicted octanol–water partition coefficient (Wildman–Crippen LogP) is 2.21. The SMILES string of the molecule is CCOc1ccccc1OC1CC(=O)C1OCC. The molecule has 0 heterocycles. The molecule has 1 fully saturated rings. The van der Waals surface area contributed by atoms with Crippen LogP contribution in [0.4, 0.5) is 0 Å². The van der Waals surface area contributed by atoms with Gasteiger partial charge in [-0.25, -0.2) is 0 Å². The van der Waals surface area contributed by atoms with Crippen LogP contribution in [0, 0.1) is 0 Å². The minimum atomic E-state index is -0.426. The molecule has 18 heavy (non-hydrogen) atoms. The second-order valence-corrected chi connectivity index (χ2v) is 4.08. The van der Waals surface area contributed by atoms with Crippen LogP contribution in [-0.2, 0) is 9.53 Å². The number of para-hydroxylation sites is 2. The largest absolute Gasteiger partial charge is 0.490 e. The number of carbonyl (C=O) groups is 1. The summed E-state index contributed by atoms with van der Waals surface area (Å²) in [7, 11) is 0. The van der Waals surface area contributed by atoms with E-state index in [9.17, 15) is 4.79 Å². The van der Waals surface area contributed by atoms with Crippen LogP contribution in [-0.4, -0.2) is 31.2 Å². The number of rotatable bonds is 6. The smallest absolute Gasteiger partial charge is 0.169 e. The average molecular weight is 250 g/mol. The van der Waals surface area contributed by atoms with E-state index in [2.05, 4.69) is 0 Å². The lowest BCUT2D eigenvalue weighted by atomic mass is 9.90. The van der Waals surface area contributed by atoms with Crippen LogP contribution < -0.4 is 9.47 Å². The number of carbonyl (C=O) groups excluding carboxylic acids is 1. The van der Waals surface area contributed by atoms with Crippen LogP contribution in [0.1, 0.15) is 20.3 Å². The quantitative estimate of drug-likeness (QED) is 0.776. The number of ether oxygens (including phenoxy) is 3. The van der Waals surface area contributed by atoms with Crippen LogP contribution in [0.15, 0.2) is 24.3 Å². The number of ketones is 1. The van der Waals surface area contributed by atoms with E-state index in [4.69, 9.17) is 14.2 Å². The summed E-state index contributed by atoms with van der Waals surface area (Å²) in [4.78, 5) is 11.4. The van der Waals surface area contributed by atoms with Crippen molar-refractivity contribution < 1.29 is 19.0 Å². The van der Waals surface area contributed by atoms with Gasteiger partial charge in [0.1, 0.15) is 6.10 Å². The first-order chi connectivity index (χ1) is 8.76. The average Bonchev–Trinajstić information content (AvgIpc) is 2.38. The molecule has 1 aromatic rings. The van der Waals surface area contributed by atoms with Gasteiger partial charge in [-0.1, -0.05) is 12.1 Å². The van der Waals surface area contributed by atoms with Crippen molar-refractivity contribution in [3.05, 3.63) is 24.3 Å². The van der Waals surface area contributed by atoms with Crippen molar-refractivity contribution in [2.75, 3.05) is 13.2 Å². The highest BCUT2D eigenvalue weighted by atomic mass is 16.6. The Kier molecular flexibility index (Phi) is 4.20. The van der Waals surface area contributed by atoms with Crippen molar-refractivity contribution in [2.24, 2.45) is 0 Å². The molecule has 0 bridgehead atoms. The summed E-state index contributed by atoms with van der Waals surface area (Å²) in [5.74, 6) is 1.48. The van der Waals surface area contributed by atoms with E-state index in [1.54, 1.807) is 0 Å². The molecule has 1 saturated carbocycles. The van der Waals surface area contributed by atoms with Gasteiger partial charge in [0, 0.05) is 13.0 Å². The Labute approximate surface area is 107 Å². The molecule has 98 valence electrons. The van der Waals surface area contributed by atoms with Gasteiger partial charge in [0.2, 0.25) is 0 Å². The van der Waals surface area contributed by atoms with E-state index in [0.717, 1.165) is 0 Å². The van der Waals surface area contributed by atoms with Gasteiger partial charge >= 0.3 is 0 Å². The summed E-state index contributed by atoms with van der Waals surface area (Å²) in [6.07, 6.45) is -0.214. The zero-order chi connectivity index (χ0) is 13.0. The van der Waals surface area contributed by atoms with Gasteiger partial charge in [-0.15, -0.1) is 0 Å². The van der Waals surface area contributed by atoms with Crippen LogP contribution in [0.25, 0.3) is 0 Å². The molecule has 0 saturated heterocycles. The van der Waals surface area contributed by atoms with E-state index in [1.165, 1.54) is 0 Å². The van der Waals surface area contributed by atoms with E-state index >= 15 is 0 Å². The molecule has 0 aromatic heterocycles. The third-order valence-corrected chi connectivity index (χ3v) is 2.83. The summed E-state index contributed by atoms with van der Waals surface area (Å²) in [5.41, 5.74) is 0. The lowest BCUT2D eigenvalue weighted by molar-refractivity contribution is -0.154. The zero-order valence-electron chi connectivity index (χ0n) is 10.7. The highest BCUT2D eigenvalue weighted by Gasteiger charge is 2.42. The summed E-state index contributed by atoms with van der Waals surface area (Å²) in [6, 6.07) is 7.48. The van der Waals surface area contributed by atoms with Crippen molar-refractivity contribution in [3.63, 3.8) is 0 Å². The minimum Gasteiger partial charge on any atom is -0.490 e. The first kappa shape index (κ1) is 12.9. The van der Waals surface area contributed by atoms with Crippen LogP contribution in [0.5, 0.6) is 11.5 Å². The van der Waals surface area contributed by atoms with Crippen LogP contribution >= 0.6 is 0 Å².